The standard InChI is InChI=1S/C18H20N2O4S/c1-14-8-10-16(11-9-14)19-20-17(15-6-4-3-5-7-15)12-25(22,23)13-18(21)24-2/h3-11,19H,12-13H2,1-2H3/b20-17-. The van der Waals surface area contributed by atoms with E-state index in [0.29, 0.717) is 11.3 Å². The Balaban J connectivity index is 2.26. The monoisotopic (exact) mass is 360 g/mol. The fourth-order valence-electron chi connectivity index (χ4n) is 2.07. The number of anilines is 1. The van der Waals surface area contributed by atoms with Crippen LogP contribution in [0.25, 0.3) is 0 Å². The average Bonchev–Trinajstić information content (AvgIpc) is 2.60. The second kappa shape index (κ2) is 8.43. The number of sulfone groups is 1. The fraction of sp³-hybridized carbons (Fsp3) is 0.222. The van der Waals surface area contributed by atoms with Crippen LogP contribution in [0.2, 0.25) is 0 Å². The minimum Gasteiger partial charge on any atom is -0.468 e. The highest BCUT2D eigenvalue weighted by Crippen LogP contribution is 2.11. The Morgan fingerprint density at radius 3 is 2.28 bits per heavy atom. The van der Waals surface area contributed by atoms with Crippen LogP contribution in [0, 0.1) is 6.92 Å². The number of hydrogen-bond acceptors (Lipinski definition) is 6. The molecule has 2 aromatic carbocycles. The number of hydrogen-bond donors (Lipinski definition) is 1. The second-order valence-corrected chi connectivity index (χ2v) is 7.58. The van der Waals surface area contributed by atoms with Crippen LogP contribution in [0.5, 0.6) is 0 Å². The molecule has 6 nitrogen and oxygen atoms in total. The van der Waals surface area contributed by atoms with Gasteiger partial charge in [-0.3, -0.25) is 10.2 Å². The van der Waals surface area contributed by atoms with Crippen LogP contribution in [0.1, 0.15) is 11.1 Å². The van der Waals surface area contributed by atoms with Gasteiger partial charge in [0.15, 0.2) is 9.84 Å². The number of hydrazone groups is 1. The van der Waals surface area contributed by atoms with Gasteiger partial charge in [-0.15, -0.1) is 0 Å². The molecule has 0 radical (unpaired) electrons. The second-order valence-electron chi connectivity index (χ2n) is 5.51. The zero-order valence-corrected chi connectivity index (χ0v) is 14.9. The largest absolute Gasteiger partial charge is 0.468 e. The first-order valence-corrected chi connectivity index (χ1v) is 9.43. The Kier molecular flexibility index (Phi) is 6.30. The van der Waals surface area contributed by atoms with E-state index in [2.05, 4.69) is 15.3 Å². The number of carbonyl (C=O) groups excluding carboxylic acids is 1. The number of benzene rings is 2. The van der Waals surface area contributed by atoms with Crippen LogP contribution in [0.4, 0.5) is 5.69 Å². The molecular weight excluding hydrogens is 340 g/mol. The van der Waals surface area contributed by atoms with E-state index in [1.807, 2.05) is 37.3 Å². The normalized spacial score (nSPS) is 11.8. The van der Waals surface area contributed by atoms with Crippen molar-refractivity contribution in [2.45, 2.75) is 6.92 Å². The van der Waals surface area contributed by atoms with Gasteiger partial charge in [0, 0.05) is 0 Å². The maximum absolute atomic E-state index is 12.2. The fourth-order valence-corrected chi connectivity index (χ4v) is 3.30. The average molecular weight is 360 g/mol. The minimum absolute atomic E-state index is 0.324. The molecule has 0 saturated heterocycles. The lowest BCUT2D eigenvalue weighted by Gasteiger charge is -2.09. The lowest BCUT2D eigenvalue weighted by atomic mass is 10.1. The van der Waals surface area contributed by atoms with Gasteiger partial charge >= 0.3 is 5.97 Å². The van der Waals surface area contributed by atoms with Gasteiger partial charge in [-0.1, -0.05) is 48.0 Å². The van der Waals surface area contributed by atoms with Crippen molar-refractivity contribution in [2.24, 2.45) is 5.10 Å². The minimum atomic E-state index is -3.70. The first kappa shape index (κ1) is 18.7. The molecule has 0 aromatic heterocycles. The third kappa shape index (κ3) is 6.04. The molecule has 0 fully saturated rings. The number of aryl methyl sites for hydroxylation is 1. The van der Waals surface area contributed by atoms with Crippen molar-refractivity contribution in [3.8, 4) is 0 Å². The van der Waals surface area contributed by atoms with E-state index in [0.717, 1.165) is 18.4 Å². The highest BCUT2D eigenvalue weighted by Gasteiger charge is 2.21. The van der Waals surface area contributed by atoms with E-state index in [1.54, 1.807) is 24.3 Å². The summed E-state index contributed by atoms with van der Waals surface area (Å²) in [6.45, 7) is 1.97. The van der Waals surface area contributed by atoms with Crippen LogP contribution in [-0.4, -0.2) is 38.7 Å². The molecule has 25 heavy (non-hydrogen) atoms. The Morgan fingerprint density at radius 1 is 1.04 bits per heavy atom. The van der Waals surface area contributed by atoms with Crippen molar-refractivity contribution in [1.82, 2.24) is 0 Å². The molecule has 0 amide bonds. The van der Waals surface area contributed by atoms with E-state index in [-0.39, 0.29) is 5.75 Å². The quantitative estimate of drug-likeness (QED) is 0.466. The van der Waals surface area contributed by atoms with Gasteiger partial charge in [-0.2, -0.15) is 5.10 Å². The van der Waals surface area contributed by atoms with Crippen LogP contribution in [-0.2, 0) is 19.4 Å². The first-order valence-electron chi connectivity index (χ1n) is 7.61. The smallest absolute Gasteiger partial charge is 0.320 e. The predicted molar refractivity (Wildman–Crippen MR) is 98.5 cm³/mol. The van der Waals surface area contributed by atoms with E-state index in [1.165, 1.54) is 0 Å². The molecule has 0 aliphatic carbocycles. The van der Waals surface area contributed by atoms with Gasteiger partial charge in [0.2, 0.25) is 0 Å². The molecule has 0 aliphatic rings. The summed E-state index contributed by atoms with van der Waals surface area (Å²) < 4.78 is 28.9. The Morgan fingerprint density at radius 2 is 1.68 bits per heavy atom. The van der Waals surface area contributed by atoms with Gasteiger partial charge in [-0.05, 0) is 24.6 Å². The molecule has 0 atom stereocenters. The molecule has 2 rings (SSSR count). The number of rotatable bonds is 7. The van der Waals surface area contributed by atoms with Gasteiger partial charge in [-0.25, -0.2) is 8.42 Å². The van der Waals surface area contributed by atoms with E-state index in [4.69, 9.17) is 0 Å². The van der Waals surface area contributed by atoms with Crippen molar-refractivity contribution < 1.29 is 17.9 Å². The number of esters is 1. The lowest BCUT2D eigenvalue weighted by Crippen LogP contribution is -2.25. The van der Waals surface area contributed by atoms with Crippen molar-refractivity contribution in [2.75, 3.05) is 24.0 Å². The Labute approximate surface area is 147 Å². The molecule has 0 aliphatic heterocycles. The van der Waals surface area contributed by atoms with E-state index >= 15 is 0 Å². The Hall–Kier alpha value is -2.67. The summed E-state index contributed by atoms with van der Waals surface area (Å²) in [5.41, 5.74) is 5.70. The summed E-state index contributed by atoms with van der Waals surface area (Å²) in [6.07, 6.45) is 0. The van der Waals surface area contributed by atoms with Crippen molar-refractivity contribution in [1.29, 1.82) is 0 Å². The lowest BCUT2D eigenvalue weighted by molar-refractivity contribution is -0.137. The topological polar surface area (TPSA) is 84.8 Å². The number of methoxy groups -OCH3 is 1. The summed E-state index contributed by atoms with van der Waals surface area (Å²) in [5, 5.41) is 4.25. The third-order valence-electron chi connectivity index (χ3n) is 3.40. The molecule has 0 unspecified atom stereocenters. The highest BCUT2D eigenvalue weighted by atomic mass is 32.2. The van der Waals surface area contributed by atoms with Gasteiger partial charge < -0.3 is 4.74 Å². The summed E-state index contributed by atoms with van der Waals surface area (Å²) in [6, 6.07) is 16.5. The number of nitrogens with zero attached hydrogens (tertiary/aromatic N) is 1. The summed E-state index contributed by atoms with van der Waals surface area (Å²) in [7, 11) is -2.54. The van der Waals surface area contributed by atoms with Gasteiger partial charge in [0.25, 0.3) is 0 Å². The Bertz CT molecular complexity index is 844. The van der Waals surface area contributed by atoms with Crippen molar-refractivity contribution >= 4 is 27.2 Å². The zero-order chi connectivity index (χ0) is 18.3. The van der Waals surface area contributed by atoms with Gasteiger partial charge in [0.1, 0.15) is 5.75 Å². The molecule has 0 heterocycles. The van der Waals surface area contributed by atoms with Crippen LogP contribution in [0.3, 0.4) is 0 Å². The first-order chi connectivity index (χ1) is 11.9. The molecule has 1 N–H and O–H groups in total. The number of carbonyl (C=O) groups is 1. The summed E-state index contributed by atoms with van der Waals surface area (Å²) >= 11 is 0. The molecule has 0 saturated carbocycles. The molecule has 132 valence electrons. The van der Waals surface area contributed by atoms with E-state index in [9.17, 15) is 13.2 Å². The van der Waals surface area contributed by atoms with E-state index < -0.39 is 21.6 Å². The molecule has 0 spiro atoms. The maximum atomic E-state index is 12.2. The molecule has 2 aromatic rings. The number of nitrogens with one attached hydrogen (secondary N) is 1. The summed E-state index contributed by atoms with van der Waals surface area (Å²) in [4.78, 5) is 11.3. The van der Waals surface area contributed by atoms with Crippen LogP contribution < -0.4 is 5.43 Å². The summed E-state index contributed by atoms with van der Waals surface area (Å²) in [5.74, 6) is -1.84. The zero-order valence-electron chi connectivity index (χ0n) is 14.1. The van der Waals surface area contributed by atoms with Crippen molar-refractivity contribution in [3.05, 3.63) is 65.7 Å². The predicted octanol–water partition coefficient (Wildman–Crippen LogP) is 2.40. The SMILES string of the molecule is COC(=O)CS(=O)(=O)C/C(=N/Nc1ccc(C)cc1)c1ccccc1. The van der Waals surface area contributed by atoms with Crippen LogP contribution >= 0.6 is 0 Å². The molecule has 7 heteroatoms. The molecular formula is C18H20N2O4S. The highest BCUT2D eigenvalue weighted by molar-refractivity contribution is 7.92. The maximum Gasteiger partial charge on any atom is 0.320 e. The van der Waals surface area contributed by atoms with Gasteiger partial charge in [0.05, 0.1) is 24.3 Å². The molecule has 0 bridgehead atoms. The third-order valence-corrected chi connectivity index (χ3v) is 4.79. The number of ether oxygens (including phenoxy) is 1. The van der Waals surface area contributed by atoms with Crippen LogP contribution in [0.15, 0.2) is 59.7 Å². The van der Waals surface area contributed by atoms with Crippen molar-refractivity contribution in [3.63, 3.8) is 0 Å².